The third-order valence-corrected chi connectivity index (χ3v) is 4.80. The summed E-state index contributed by atoms with van der Waals surface area (Å²) < 4.78 is 1.99. The Kier molecular flexibility index (Phi) is 5.74. The molecule has 0 spiro atoms. The molecular formula is C21H26N4O2. The fourth-order valence-electron chi connectivity index (χ4n) is 2.99. The second-order valence-electron chi connectivity index (χ2n) is 6.98. The summed E-state index contributed by atoms with van der Waals surface area (Å²) in [6.07, 6.45) is 5.98. The van der Waals surface area contributed by atoms with Crippen molar-refractivity contribution in [3.63, 3.8) is 0 Å². The van der Waals surface area contributed by atoms with E-state index in [1.54, 1.807) is 18.0 Å². The Morgan fingerprint density at radius 2 is 2.15 bits per heavy atom. The summed E-state index contributed by atoms with van der Waals surface area (Å²) in [5.41, 5.74) is 3.37. The fraction of sp³-hybridized carbons (Fsp3) is 0.381. The van der Waals surface area contributed by atoms with Gasteiger partial charge < -0.3 is 10.2 Å². The van der Waals surface area contributed by atoms with Crippen LogP contribution in [0.1, 0.15) is 37.4 Å². The van der Waals surface area contributed by atoms with Gasteiger partial charge in [0.05, 0.1) is 12.2 Å². The van der Waals surface area contributed by atoms with Gasteiger partial charge >= 0.3 is 0 Å². The van der Waals surface area contributed by atoms with Crippen LogP contribution in [0.4, 0.5) is 11.4 Å². The third-order valence-electron chi connectivity index (χ3n) is 4.80. The average Bonchev–Trinajstić information content (AvgIpc) is 3.38. The lowest BCUT2D eigenvalue weighted by atomic mass is 10.1. The zero-order valence-electron chi connectivity index (χ0n) is 15.9. The van der Waals surface area contributed by atoms with Crippen LogP contribution in [0.2, 0.25) is 0 Å². The van der Waals surface area contributed by atoms with E-state index >= 15 is 0 Å². The summed E-state index contributed by atoms with van der Waals surface area (Å²) in [6, 6.07) is 7.54. The van der Waals surface area contributed by atoms with Gasteiger partial charge in [0.2, 0.25) is 5.91 Å². The first kappa shape index (κ1) is 18.9. The van der Waals surface area contributed by atoms with Gasteiger partial charge in [-0.15, -0.1) is 0 Å². The summed E-state index contributed by atoms with van der Waals surface area (Å²) in [5, 5.41) is 7.27. The van der Waals surface area contributed by atoms with Gasteiger partial charge in [0, 0.05) is 30.5 Å². The molecule has 2 aromatic rings. The number of aryl methyl sites for hydroxylation is 1. The van der Waals surface area contributed by atoms with Crippen molar-refractivity contribution >= 4 is 23.2 Å². The summed E-state index contributed by atoms with van der Waals surface area (Å²) >= 11 is 0. The number of amides is 2. The Bertz CT molecular complexity index is 852. The van der Waals surface area contributed by atoms with E-state index in [4.69, 9.17) is 0 Å². The number of rotatable bonds is 8. The van der Waals surface area contributed by atoms with Gasteiger partial charge in [-0.25, -0.2) is 0 Å². The van der Waals surface area contributed by atoms with E-state index in [9.17, 15) is 9.59 Å². The predicted molar refractivity (Wildman–Crippen MR) is 106 cm³/mol. The molecule has 0 radical (unpaired) electrons. The molecule has 2 amide bonds. The highest BCUT2D eigenvalue weighted by atomic mass is 16.2. The molecule has 3 rings (SSSR count). The number of hydrogen-bond acceptors (Lipinski definition) is 3. The topological polar surface area (TPSA) is 67.2 Å². The van der Waals surface area contributed by atoms with E-state index in [0.29, 0.717) is 24.6 Å². The van der Waals surface area contributed by atoms with Gasteiger partial charge in [-0.1, -0.05) is 19.6 Å². The van der Waals surface area contributed by atoms with Gasteiger partial charge in [-0.05, 0) is 55.5 Å². The Balaban J connectivity index is 1.89. The predicted octanol–water partition coefficient (Wildman–Crippen LogP) is 3.67. The van der Waals surface area contributed by atoms with Gasteiger partial charge in [0.25, 0.3) is 5.91 Å². The van der Waals surface area contributed by atoms with Crippen molar-refractivity contribution in [2.75, 3.05) is 10.2 Å². The maximum atomic E-state index is 12.6. The van der Waals surface area contributed by atoms with Crippen LogP contribution >= 0.6 is 0 Å². The summed E-state index contributed by atoms with van der Waals surface area (Å²) in [6.45, 7) is 8.70. The number of nitrogens with zero attached hydrogens (tertiary/aromatic N) is 3. The Morgan fingerprint density at radius 3 is 2.81 bits per heavy atom. The first-order chi connectivity index (χ1) is 13.0. The molecule has 0 saturated heterocycles. The quantitative estimate of drug-likeness (QED) is 0.725. The molecule has 1 aliphatic rings. The molecule has 1 aromatic heterocycles. The Morgan fingerprint density at radius 1 is 1.37 bits per heavy atom. The number of carbonyl (C=O) groups is 2. The number of hydrogen-bond donors (Lipinski definition) is 1. The van der Waals surface area contributed by atoms with Crippen molar-refractivity contribution < 1.29 is 9.59 Å². The highest BCUT2D eigenvalue weighted by molar-refractivity contribution is 6.02. The van der Waals surface area contributed by atoms with Crippen LogP contribution < -0.4 is 10.2 Å². The Hall–Kier alpha value is -2.89. The molecule has 1 aromatic carbocycles. The third kappa shape index (κ3) is 4.64. The molecule has 142 valence electrons. The molecule has 1 aliphatic carbocycles. The molecule has 6 nitrogen and oxygen atoms in total. The molecule has 1 fully saturated rings. The van der Waals surface area contributed by atoms with Gasteiger partial charge in [-0.2, -0.15) is 5.10 Å². The van der Waals surface area contributed by atoms with Crippen molar-refractivity contribution in [2.45, 2.75) is 46.2 Å². The molecule has 0 unspecified atom stereocenters. The highest BCUT2D eigenvalue weighted by Gasteiger charge is 2.24. The number of benzene rings is 1. The summed E-state index contributed by atoms with van der Waals surface area (Å²) in [4.78, 5) is 26.0. The molecule has 1 heterocycles. The van der Waals surface area contributed by atoms with E-state index in [1.165, 1.54) is 18.9 Å². The lowest BCUT2D eigenvalue weighted by Gasteiger charge is -2.24. The maximum Gasteiger partial charge on any atom is 0.250 e. The smallest absolute Gasteiger partial charge is 0.250 e. The minimum absolute atomic E-state index is 0.0612. The van der Waals surface area contributed by atoms with Crippen LogP contribution in [-0.2, 0) is 22.7 Å². The number of carbonyl (C=O) groups excluding carboxylic acids is 2. The second kappa shape index (κ2) is 8.20. The summed E-state index contributed by atoms with van der Waals surface area (Å²) in [7, 11) is 0. The van der Waals surface area contributed by atoms with Crippen molar-refractivity contribution in [3.8, 4) is 0 Å². The van der Waals surface area contributed by atoms with Crippen molar-refractivity contribution in [1.82, 2.24) is 9.78 Å². The largest absolute Gasteiger partial charge is 0.326 e. The van der Waals surface area contributed by atoms with Gasteiger partial charge in [-0.3, -0.25) is 14.3 Å². The van der Waals surface area contributed by atoms with Crippen molar-refractivity contribution in [3.05, 3.63) is 54.4 Å². The van der Waals surface area contributed by atoms with E-state index in [0.717, 1.165) is 23.5 Å². The molecular weight excluding hydrogens is 340 g/mol. The lowest BCUT2D eigenvalue weighted by molar-refractivity contribution is -0.116. The molecule has 0 aliphatic heterocycles. The minimum atomic E-state index is -0.184. The molecule has 1 N–H and O–H groups in total. The molecule has 27 heavy (non-hydrogen) atoms. The zero-order chi connectivity index (χ0) is 19.4. The molecule has 1 saturated carbocycles. The normalized spacial score (nSPS) is 13.3. The minimum Gasteiger partial charge on any atom is -0.326 e. The fourth-order valence-corrected chi connectivity index (χ4v) is 2.99. The lowest BCUT2D eigenvalue weighted by Crippen LogP contribution is -2.30. The number of nitrogens with one attached hydrogen (secondary N) is 1. The van der Waals surface area contributed by atoms with Gasteiger partial charge in [0.15, 0.2) is 0 Å². The van der Waals surface area contributed by atoms with Crippen molar-refractivity contribution in [2.24, 2.45) is 5.92 Å². The van der Waals surface area contributed by atoms with Crippen molar-refractivity contribution in [1.29, 1.82) is 0 Å². The van der Waals surface area contributed by atoms with Crippen LogP contribution in [0.5, 0.6) is 0 Å². The van der Waals surface area contributed by atoms with Crippen LogP contribution in [0.25, 0.3) is 0 Å². The Labute approximate surface area is 159 Å². The average molecular weight is 366 g/mol. The molecule has 0 bridgehead atoms. The van der Waals surface area contributed by atoms with Crippen LogP contribution in [0.15, 0.2) is 43.1 Å². The zero-order valence-corrected chi connectivity index (χ0v) is 15.9. The first-order valence-corrected chi connectivity index (χ1v) is 9.37. The summed E-state index contributed by atoms with van der Waals surface area (Å²) in [5.74, 6) is 0.451. The maximum absolute atomic E-state index is 12.6. The highest BCUT2D eigenvalue weighted by Crippen LogP contribution is 2.31. The van der Waals surface area contributed by atoms with E-state index < -0.39 is 0 Å². The second-order valence-corrected chi connectivity index (χ2v) is 6.98. The monoisotopic (exact) mass is 366 g/mol. The standard InChI is InChI=1S/C21H26N4O2/c1-4-20(26)23-17-9-6-15(3)19(12-17)24(21(27)5-2)14-18-10-11-22-25(18)13-16-7-8-16/h5-6,9-12,16H,2,4,7-8,13-14H2,1,3H3,(H,23,26). The van der Waals surface area contributed by atoms with E-state index in [-0.39, 0.29) is 11.8 Å². The first-order valence-electron chi connectivity index (χ1n) is 9.37. The van der Waals surface area contributed by atoms with Crippen LogP contribution in [0, 0.1) is 12.8 Å². The van der Waals surface area contributed by atoms with Crippen LogP contribution in [0.3, 0.4) is 0 Å². The molecule has 0 atom stereocenters. The SMILES string of the molecule is C=CC(=O)N(Cc1ccnn1CC1CC1)c1cc(NC(=O)CC)ccc1C. The number of anilines is 2. The van der Waals surface area contributed by atoms with E-state index in [1.807, 2.05) is 35.9 Å². The van der Waals surface area contributed by atoms with E-state index in [2.05, 4.69) is 17.0 Å². The van der Waals surface area contributed by atoms with Gasteiger partial charge in [0.1, 0.15) is 0 Å². The molecule has 6 heteroatoms. The number of aromatic nitrogens is 2. The van der Waals surface area contributed by atoms with Crippen LogP contribution in [-0.4, -0.2) is 21.6 Å².